The van der Waals surface area contributed by atoms with Crippen LogP contribution in [0, 0.1) is 0 Å². The monoisotopic (exact) mass is 427 g/mol. The van der Waals surface area contributed by atoms with E-state index in [1.807, 2.05) is 13.8 Å². The number of rotatable bonds is 8. The van der Waals surface area contributed by atoms with Crippen molar-refractivity contribution in [1.82, 2.24) is 4.90 Å². The number of benzene rings is 1. The molecule has 2 amide bonds. The zero-order chi connectivity index (χ0) is 20.8. The van der Waals surface area contributed by atoms with E-state index in [2.05, 4.69) is 0 Å². The molecule has 1 atom stereocenters. The third-order valence-electron chi connectivity index (χ3n) is 3.91. The number of amides is 2. The molecule has 1 saturated heterocycles. The van der Waals surface area contributed by atoms with Crippen LogP contribution in [0.4, 0.5) is 4.79 Å². The molecule has 0 N–H and O–H groups in total. The van der Waals surface area contributed by atoms with Crippen LogP contribution in [-0.2, 0) is 14.3 Å². The lowest BCUT2D eigenvalue weighted by Crippen LogP contribution is -2.34. The van der Waals surface area contributed by atoms with Crippen molar-refractivity contribution in [2.24, 2.45) is 0 Å². The fourth-order valence-corrected chi connectivity index (χ4v) is 3.45. The summed E-state index contributed by atoms with van der Waals surface area (Å²) in [6, 6.07) is 3.30. The zero-order valence-corrected chi connectivity index (χ0v) is 17.7. The SMILES string of the molecule is CCOC(=O)CN1C(=O)S/C(=C\c2cc(Cl)c(O[C@@H](C)CC)c(OC)c2)C1=O. The van der Waals surface area contributed by atoms with Crippen molar-refractivity contribution in [3.63, 3.8) is 0 Å². The van der Waals surface area contributed by atoms with Gasteiger partial charge in [-0.1, -0.05) is 18.5 Å². The van der Waals surface area contributed by atoms with Crippen molar-refractivity contribution in [3.8, 4) is 11.5 Å². The van der Waals surface area contributed by atoms with E-state index in [1.165, 1.54) is 13.2 Å². The molecule has 0 aromatic heterocycles. The quantitative estimate of drug-likeness (QED) is 0.455. The molecule has 0 aliphatic carbocycles. The van der Waals surface area contributed by atoms with Crippen LogP contribution in [0.25, 0.3) is 6.08 Å². The van der Waals surface area contributed by atoms with Gasteiger partial charge in [0.25, 0.3) is 11.1 Å². The first-order valence-corrected chi connectivity index (χ1v) is 9.95. The van der Waals surface area contributed by atoms with Gasteiger partial charge in [0, 0.05) is 0 Å². The van der Waals surface area contributed by atoms with Crippen LogP contribution in [0.5, 0.6) is 11.5 Å². The molecule has 0 unspecified atom stereocenters. The molecule has 1 aromatic rings. The highest BCUT2D eigenvalue weighted by Gasteiger charge is 2.36. The number of carbonyl (C=O) groups excluding carboxylic acids is 3. The largest absolute Gasteiger partial charge is 0.493 e. The van der Waals surface area contributed by atoms with Gasteiger partial charge in [0.15, 0.2) is 11.5 Å². The lowest BCUT2D eigenvalue weighted by Gasteiger charge is -2.17. The summed E-state index contributed by atoms with van der Waals surface area (Å²) in [7, 11) is 1.49. The summed E-state index contributed by atoms with van der Waals surface area (Å²) in [6.07, 6.45) is 2.28. The third-order valence-corrected chi connectivity index (χ3v) is 5.10. The summed E-state index contributed by atoms with van der Waals surface area (Å²) < 4.78 is 15.9. The molecule has 1 aromatic carbocycles. The smallest absolute Gasteiger partial charge is 0.326 e. The fourth-order valence-electron chi connectivity index (χ4n) is 2.35. The number of nitrogens with zero attached hydrogens (tertiary/aromatic N) is 1. The number of carbonyl (C=O) groups is 3. The molecular weight excluding hydrogens is 406 g/mol. The van der Waals surface area contributed by atoms with E-state index in [4.69, 9.17) is 25.8 Å². The summed E-state index contributed by atoms with van der Waals surface area (Å²) in [6.45, 7) is 5.32. The number of esters is 1. The molecule has 1 heterocycles. The summed E-state index contributed by atoms with van der Waals surface area (Å²) in [5.74, 6) is -0.351. The fraction of sp³-hybridized carbons (Fsp3) is 0.421. The van der Waals surface area contributed by atoms with Crippen molar-refractivity contribution in [1.29, 1.82) is 0 Å². The number of thioether (sulfide) groups is 1. The summed E-state index contributed by atoms with van der Waals surface area (Å²) in [4.78, 5) is 37.2. The number of halogens is 1. The molecule has 0 bridgehead atoms. The number of ether oxygens (including phenoxy) is 3. The van der Waals surface area contributed by atoms with E-state index in [9.17, 15) is 14.4 Å². The topological polar surface area (TPSA) is 82.1 Å². The minimum absolute atomic E-state index is 0.0448. The molecule has 9 heteroatoms. The van der Waals surface area contributed by atoms with Crippen LogP contribution in [-0.4, -0.2) is 48.4 Å². The lowest BCUT2D eigenvalue weighted by molar-refractivity contribution is -0.145. The molecule has 0 saturated carbocycles. The Morgan fingerprint density at radius 3 is 2.64 bits per heavy atom. The molecule has 1 aliphatic rings. The zero-order valence-electron chi connectivity index (χ0n) is 16.1. The predicted molar refractivity (Wildman–Crippen MR) is 108 cm³/mol. The highest BCUT2D eigenvalue weighted by Crippen LogP contribution is 2.39. The number of hydrogen-bond acceptors (Lipinski definition) is 7. The van der Waals surface area contributed by atoms with Gasteiger partial charge in [0.1, 0.15) is 6.54 Å². The number of methoxy groups -OCH3 is 1. The average Bonchev–Trinajstić information content (AvgIpc) is 2.91. The first-order chi connectivity index (χ1) is 13.3. The predicted octanol–water partition coefficient (Wildman–Crippen LogP) is 4.13. The van der Waals surface area contributed by atoms with Crippen molar-refractivity contribution in [2.45, 2.75) is 33.3 Å². The lowest BCUT2D eigenvalue weighted by atomic mass is 10.1. The number of hydrogen-bond donors (Lipinski definition) is 0. The summed E-state index contributed by atoms with van der Waals surface area (Å²) >= 11 is 7.08. The van der Waals surface area contributed by atoms with Gasteiger partial charge in [-0.2, -0.15) is 0 Å². The van der Waals surface area contributed by atoms with E-state index in [1.54, 1.807) is 19.1 Å². The minimum Gasteiger partial charge on any atom is -0.493 e. The van der Waals surface area contributed by atoms with Crippen LogP contribution in [0.2, 0.25) is 5.02 Å². The highest BCUT2D eigenvalue weighted by molar-refractivity contribution is 8.18. The van der Waals surface area contributed by atoms with Crippen molar-refractivity contribution in [3.05, 3.63) is 27.6 Å². The second-order valence-electron chi connectivity index (χ2n) is 5.94. The van der Waals surface area contributed by atoms with Gasteiger partial charge in [-0.15, -0.1) is 0 Å². The molecule has 7 nitrogen and oxygen atoms in total. The highest BCUT2D eigenvalue weighted by atomic mass is 35.5. The third kappa shape index (κ3) is 5.20. The maximum Gasteiger partial charge on any atom is 0.326 e. The van der Waals surface area contributed by atoms with Crippen molar-refractivity contribution in [2.75, 3.05) is 20.3 Å². The van der Waals surface area contributed by atoms with Gasteiger partial charge in [-0.25, -0.2) is 0 Å². The molecule has 1 fully saturated rings. The second kappa shape index (κ2) is 9.84. The molecule has 0 spiro atoms. The Morgan fingerprint density at radius 1 is 1.32 bits per heavy atom. The summed E-state index contributed by atoms with van der Waals surface area (Å²) in [5, 5.41) is -0.198. The Morgan fingerprint density at radius 2 is 2.04 bits per heavy atom. The van der Waals surface area contributed by atoms with E-state index in [0.717, 1.165) is 23.1 Å². The first-order valence-electron chi connectivity index (χ1n) is 8.75. The van der Waals surface area contributed by atoms with Crippen LogP contribution in [0.3, 0.4) is 0 Å². The van der Waals surface area contributed by atoms with Crippen LogP contribution < -0.4 is 9.47 Å². The van der Waals surface area contributed by atoms with Crippen LogP contribution in [0.1, 0.15) is 32.8 Å². The molecule has 1 aliphatic heterocycles. The van der Waals surface area contributed by atoms with E-state index >= 15 is 0 Å². The maximum absolute atomic E-state index is 12.5. The van der Waals surface area contributed by atoms with Gasteiger partial charge in [0.2, 0.25) is 0 Å². The van der Waals surface area contributed by atoms with Gasteiger partial charge in [-0.05, 0) is 55.8 Å². The van der Waals surface area contributed by atoms with E-state index in [-0.39, 0.29) is 17.6 Å². The van der Waals surface area contributed by atoms with Gasteiger partial charge < -0.3 is 14.2 Å². The van der Waals surface area contributed by atoms with Crippen LogP contribution >= 0.6 is 23.4 Å². The average molecular weight is 428 g/mol. The van der Waals surface area contributed by atoms with E-state index in [0.29, 0.717) is 22.1 Å². The second-order valence-corrected chi connectivity index (χ2v) is 7.34. The maximum atomic E-state index is 12.5. The number of imide groups is 1. The van der Waals surface area contributed by atoms with Crippen LogP contribution in [0.15, 0.2) is 17.0 Å². The van der Waals surface area contributed by atoms with Gasteiger partial charge in [0.05, 0.1) is 29.7 Å². The summed E-state index contributed by atoms with van der Waals surface area (Å²) in [5.41, 5.74) is 0.569. The van der Waals surface area contributed by atoms with Gasteiger partial charge >= 0.3 is 5.97 Å². The normalized spacial score (nSPS) is 16.5. The van der Waals surface area contributed by atoms with E-state index < -0.39 is 23.7 Å². The Bertz CT molecular complexity index is 810. The molecule has 152 valence electrons. The Kier molecular flexibility index (Phi) is 7.77. The van der Waals surface area contributed by atoms with Gasteiger partial charge in [-0.3, -0.25) is 19.3 Å². The minimum atomic E-state index is -0.637. The van der Waals surface area contributed by atoms with Crippen molar-refractivity contribution < 1.29 is 28.6 Å². The Labute approximate surface area is 172 Å². The molecule has 28 heavy (non-hydrogen) atoms. The molecule has 2 rings (SSSR count). The Hall–Kier alpha value is -2.19. The standard InChI is InChI=1S/C19H22ClNO6S/c1-5-11(3)27-17-13(20)7-12(8-14(17)25-4)9-15-18(23)21(19(24)28-15)10-16(22)26-6-2/h7-9,11H,5-6,10H2,1-4H3/b15-9-/t11-/m0/s1. The van der Waals surface area contributed by atoms with Crippen molar-refractivity contribution >= 4 is 46.6 Å². The molecule has 0 radical (unpaired) electrons. The Balaban J connectivity index is 2.27. The molecular formula is C19H22ClNO6S. The first kappa shape index (κ1) is 22.1.